The van der Waals surface area contributed by atoms with Gasteiger partial charge in [-0.25, -0.2) is 4.79 Å². The first-order valence-electron chi connectivity index (χ1n) is 3.61. The van der Waals surface area contributed by atoms with Gasteiger partial charge in [0, 0.05) is 9.09 Å². The molecular weight excluding hydrogens is 204 g/mol. The summed E-state index contributed by atoms with van der Waals surface area (Å²) in [6.45, 7) is 1.84. The number of carboxylic acids is 1. The van der Waals surface area contributed by atoms with Gasteiger partial charge in [-0.2, -0.15) is 0 Å². The molecule has 0 spiro atoms. The molecule has 13 heavy (non-hydrogen) atoms. The maximum atomic E-state index is 10.5. The maximum absolute atomic E-state index is 10.5. The van der Waals surface area contributed by atoms with Gasteiger partial charge in [0.05, 0.1) is 5.56 Å². The summed E-state index contributed by atoms with van der Waals surface area (Å²) in [5.74, 6) is -0.907. The first-order chi connectivity index (χ1) is 6.09. The first-order valence-corrected chi connectivity index (χ1v) is 4.84. The van der Waals surface area contributed by atoms with Gasteiger partial charge in [0.25, 0.3) is 0 Å². The number of hydrogen-bond donors (Lipinski definition) is 1. The zero-order chi connectivity index (χ0) is 9.84. The highest BCUT2D eigenvalue weighted by Crippen LogP contribution is 2.19. The highest BCUT2D eigenvalue weighted by molar-refractivity contribution is 8.23. The van der Waals surface area contributed by atoms with Crippen LogP contribution in [0.5, 0.6) is 0 Å². The van der Waals surface area contributed by atoms with Crippen LogP contribution in [0.3, 0.4) is 0 Å². The van der Waals surface area contributed by atoms with Crippen LogP contribution < -0.4 is 0 Å². The fourth-order valence-corrected chi connectivity index (χ4v) is 1.72. The Morgan fingerprint density at radius 3 is 2.31 bits per heavy atom. The fraction of sp³-hybridized carbons (Fsp3) is 0.111. The second-order valence-electron chi connectivity index (χ2n) is 2.42. The molecule has 1 aromatic carbocycles. The van der Waals surface area contributed by atoms with Crippen LogP contribution in [0, 0.1) is 0 Å². The lowest BCUT2D eigenvalue weighted by atomic mass is 10.2. The quantitative estimate of drug-likeness (QED) is 0.604. The van der Waals surface area contributed by atoms with E-state index in [9.17, 15) is 4.79 Å². The normalized spacial score (nSPS) is 9.62. The number of thiocarbonyl (C=S) groups is 1. The third-order valence-electron chi connectivity index (χ3n) is 1.36. The van der Waals surface area contributed by atoms with E-state index in [1.54, 1.807) is 24.3 Å². The van der Waals surface area contributed by atoms with E-state index in [0.29, 0.717) is 5.56 Å². The minimum absolute atomic E-state index is 0.298. The Kier molecular flexibility index (Phi) is 3.45. The van der Waals surface area contributed by atoms with Gasteiger partial charge < -0.3 is 5.11 Å². The van der Waals surface area contributed by atoms with Crippen molar-refractivity contribution in [3.05, 3.63) is 29.8 Å². The Hall–Kier alpha value is -0.870. The summed E-state index contributed by atoms with van der Waals surface area (Å²) in [5.41, 5.74) is 0.298. The van der Waals surface area contributed by atoms with Crippen LogP contribution in [0.25, 0.3) is 0 Å². The van der Waals surface area contributed by atoms with E-state index < -0.39 is 5.97 Å². The Balaban J connectivity index is 2.81. The van der Waals surface area contributed by atoms with Crippen LogP contribution in [0.4, 0.5) is 0 Å². The van der Waals surface area contributed by atoms with E-state index in [4.69, 9.17) is 17.3 Å². The molecule has 0 atom stereocenters. The van der Waals surface area contributed by atoms with Crippen molar-refractivity contribution >= 4 is 34.1 Å². The molecule has 4 heteroatoms. The molecule has 0 radical (unpaired) electrons. The lowest BCUT2D eigenvalue weighted by Gasteiger charge is -1.98. The number of rotatable bonds is 2. The molecule has 0 aliphatic carbocycles. The predicted molar refractivity (Wildman–Crippen MR) is 57.5 cm³/mol. The van der Waals surface area contributed by atoms with Crippen molar-refractivity contribution in [2.45, 2.75) is 11.8 Å². The summed E-state index contributed by atoms with van der Waals surface area (Å²) in [6, 6.07) is 6.65. The molecule has 0 fully saturated rings. The van der Waals surface area contributed by atoms with Crippen molar-refractivity contribution in [1.29, 1.82) is 0 Å². The molecule has 0 saturated heterocycles. The number of thioether (sulfide) groups is 1. The van der Waals surface area contributed by atoms with Crippen LogP contribution in [-0.4, -0.2) is 15.3 Å². The summed E-state index contributed by atoms with van der Waals surface area (Å²) in [6.07, 6.45) is 0. The zero-order valence-electron chi connectivity index (χ0n) is 6.98. The molecule has 0 aliphatic heterocycles. The van der Waals surface area contributed by atoms with E-state index in [-0.39, 0.29) is 0 Å². The minimum atomic E-state index is -0.907. The molecule has 0 unspecified atom stereocenters. The Morgan fingerprint density at radius 2 is 1.92 bits per heavy atom. The number of carboxylic acid groups (broad SMARTS) is 1. The molecule has 1 rings (SSSR count). The van der Waals surface area contributed by atoms with Crippen LogP contribution in [0.1, 0.15) is 17.3 Å². The summed E-state index contributed by atoms with van der Waals surface area (Å²) in [5, 5.41) is 8.63. The third-order valence-corrected chi connectivity index (χ3v) is 2.41. The molecule has 0 saturated carbocycles. The van der Waals surface area contributed by atoms with Crippen LogP contribution in [0.2, 0.25) is 0 Å². The third kappa shape index (κ3) is 3.16. The molecule has 0 aromatic heterocycles. The van der Waals surface area contributed by atoms with Crippen molar-refractivity contribution in [1.82, 2.24) is 0 Å². The molecule has 0 bridgehead atoms. The second-order valence-corrected chi connectivity index (χ2v) is 4.58. The fourth-order valence-electron chi connectivity index (χ4n) is 0.832. The van der Waals surface area contributed by atoms with Crippen molar-refractivity contribution < 1.29 is 9.90 Å². The molecule has 0 heterocycles. The Labute approximate surface area is 86.0 Å². The predicted octanol–water partition coefficient (Wildman–Crippen LogP) is 2.82. The zero-order valence-corrected chi connectivity index (χ0v) is 8.61. The smallest absolute Gasteiger partial charge is 0.335 e. The largest absolute Gasteiger partial charge is 0.478 e. The summed E-state index contributed by atoms with van der Waals surface area (Å²) in [4.78, 5) is 11.5. The highest BCUT2D eigenvalue weighted by Gasteiger charge is 2.01. The maximum Gasteiger partial charge on any atom is 0.335 e. The van der Waals surface area contributed by atoms with E-state index in [1.807, 2.05) is 6.92 Å². The molecule has 2 nitrogen and oxygen atoms in total. The van der Waals surface area contributed by atoms with Crippen LogP contribution in [-0.2, 0) is 0 Å². The van der Waals surface area contributed by atoms with Crippen LogP contribution in [0.15, 0.2) is 29.2 Å². The SMILES string of the molecule is CC(=S)Sc1ccc(C(=O)O)cc1. The van der Waals surface area contributed by atoms with Crippen molar-refractivity contribution in [2.75, 3.05) is 0 Å². The molecule has 0 amide bonds. The van der Waals surface area contributed by atoms with Gasteiger partial charge in [0.15, 0.2) is 0 Å². The van der Waals surface area contributed by atoms with E-state index in [2.05, 4.69) is 0 Å². The van der Waals surface area contributed by atoms with Crippen molar-refractivity contribution in [3.63, 3.8) is 0 Å². The van der Waals surface area contributed by atoms with E-state index in [1.165, 1.54) is 11.8 Å². The van der Waals surface area contributed by atoms with Gasteiger partial charge in [-0.3, -0.25) is 0 Å². The molecule has 1 aromatic rings. The highest BCUT2D eigenvalue weighted by atomic mass is 32.2. The second kappa shape index (κ2) is 4.39. The van der Waals surface area contributed by atoms with Gasteiger partial charge in [-0.1, -0.05) is 24.0 Å². The lowest BCUT2D eigenvalue weighted by molar-refractivity contribution is 0.0697. The average molecular weight is 212 g/mol. The topological polar surface area (TPSA) is 37.3 Å². The summed E-state index contributed by atoms with van der Waals surface area (Å²) >= 11 is 6.37. The average Bonchev–Trinajstić information content (AvgIpc) is 2.04. The number of hydrogen-bond acceptors (Lipinski definition) is 3. The van der Waals surface area contributed by atoms with Gasteiger partial charge >= 0.3 is 5.97 Å². The van der Waals surface area contributed by atoms with Crippen molar-refractivity contribution in [3.8, 4) is 0 Å². The number of carbonyl (C=O) groups is 1. The molecule has 68 valence electrons. The molecule has 0 aliphatic rings. The standard InChI is InChI=1S/C9H8O2S2/c1-6(12)13-8-4-2-7(3-5-8)9(10)11/h2-5H,1H3,(H,10,11). The summed E-state index contributed by atoms with van der Waals surface area (Å²) < 4.78 is 0.822. The Bertz CT molecular complexity index is 330. The van der Waals surface area contributed by atoms with E-state index in [0.717, 1.165) is 9.09 Å². The van der Waals surface area contributed by atoms with E-state index >= 15 is 0 Å². The molecular formula is C9H8O2S2. The van der Waals surface area contributed by atoms with Gasteiger partial charge in [-0.05, 0) is 31.2 Å². The monoisotopic (exact) mass is 212 g/mol. The van der Waals surface area contributed by atoms with Crippen LogP contribution >= 0.6 is 24.0 Å². The number of benzene rings is 1. The first kappa shape index (κ1) is 10.2. The van der Waals surface area contributed by atoms with Gasteiger partial charge in [-0.15, -0.1) is 0 Å². The van der Waals surface area contributed by atoms with Gasteiger partial charge in [0.1, 0.15) is 0 Å². The van der Waals surface area contributed by atoms with Crippen molar-refractivity contribution in [2.24, 2.45) is 0 Å². The summed E-state index contributed by atoms with van der Waals surface area (Å²) in [7, 11) is 0. The number of aromatic carboxylic acids is 1. The Morgan fingerprint density at radius 1 is 1.38 bits per heavy atom. The minimum Gasteiger partial charge on any atom is -0.478 e. The van der Waals surface area contributed by atoms with Gasteiger partial charge in [0.2, 0.25) is 0 Å². The lowest BCUT2D eigenvalue weighted by Crippen LogP contribution is -1.94. The molecule has 1 N–H and O–H groups in total.